The van der Waals surface area contributed by atoms with Crippen LogP contribution < -0.4 is 9.64 Å². The molecule has 0 unspecified atom stereocenters. The molecular formula is C37H41N5O4. The quantitative estimate of drug-likeness (QED) is 0.304. The van der Waals surface area contributed by atoms with E-state index in [2.05, 4.69) is 20.4 Å². The number of hydrogen-bond acceptors (Lipinski definition) is 6. The molecular weight excluding hydrogens is 578 g/mol. The zero-order valence-corrected chi connectivity index (χ0v) is 26.4. The first-order valence-electron chi connectivity index (χ1n) is 16.2. The first-order chi connectivity index (χ1) is 22.6. The second-order valence-electron chi connectivity index (χ2n) is 12.2. The predicted octanol–water partition coefficient (Wildman–Crippen LogP) is 4.46. The highest BCUT2D eigenvalue weighted by molar-refractivity contribution is 6.07. The van der Waals surface area contributed by atoms with Gasteiger partial charge in [0.1, 0.15) is 11.4 Å². The van der Waals surface area contributed by atoms with Gasteiger partial charge in [-0.15, -0.1) is 0 Å². The predicted molar refractivity (Wildman–Crippen MR) is 179 cm³/mol. The van der Waals surface area contributed by atoms with Gasteiger partial charge >= 0.3 is 0 Å². The van der Waals surface area contributed by atoms with Crippen LogP contribution in [0.3, 0.4) is 0 Å². The lowest BCUT2D eigenvalue weighted by molar-refractivity contribution is 0.0292. The Kier molecular flexibility index (Phi) is 8.87. The second-order valence-corrected chi connectivity index (χ2v) is 12.2. The molecule has 3 aliphatic rings. The fourth-order valence-corrected chi connectivity index (χ4v) is 6.80. The van der Waals surface area contributed by atoms with E-state index in [1.165, 1.54) is 0 Å². The molecule has 2 fully saturated rings. The highest BCUT2D eigenvalue weighted by Gasteiger charge is 2.30. The van der Waals surface area contributed by atoms with E-state index < -0.39 is 0 Å². The fourth-order valence-electron chi connectivity index (χ4n) is 6.80. The van der Waals surface area contributed by atoms with E-state index in [-0.39, 0.29) is 11.8 Å². The Bertz CT molecular complexity index is 1690. The lowest BCUT2D eigenvalue weighted by Crippen LogP contribution is -2.51. The van der Waals surface area contributed by atoms with E-state index >= 15 is 0 Å². The molecule has 4 aromatic rings. The number of fused-ring (bicyclic) bond motifs is 2. The Labute approximate surface area is 270 Å². The number of methoxy groups -OCH3 is 1. The lowest BCUT2D eigenvalue weighted by Gasteiger charge is -2.36. The number of morpholine rings is 1. The Balaban J connectivity index is 1.07. The van der Waals surface area contributed by atoms with E-state index in [9.17, 15) is 9.59 Å². The molecule has 2 amide bonds. The summed E-state index contributed by atoms with van der Waals surface area (Å²) in [5.41, 5.74) is 6.09. The zero-order valence-electron chi connectivity index (χ0n) is 26.4. The maximum absolute atomic E-state index is 14.1. The van der Waals surface area contributed by atoms with Crippen molar-refractivity contribution >= 4 is 17.5 Å². The Hall–Kier alpha value is -4.44. The van der Waals surface area contributed by atoms with Crippen LogP contribution in [0.15, 0.2) is 84.9 Å². The van der Waals surface area contributed by atoms with E-state index in [4.69, 9.17) is 9.47 Å². The van der Waals surface area contributed by atoms with Crippen molar-refractivity contribution in [3.63, 3.8) is 0 Å². The SMILES string of the molecule is COc1ccccc1-c1ccc(C(=O)N2Cc3ccc(C(=O)N4CCN(CCN5CCOCC5)CC4)n3Cc3ccccc32)cc1. The van der Waals surface area contributed by atoms with E-state index in [0.717, 1.165) is 86.3 Å². The van der Waals surface area contributed by atoms with E-state index in [1.54, 1.807) is 7.11 Å². The number of ether oxygens (including phenoxy) is 2. The third-order valence-corrected chi connectivity index (χ3v) is 9.51. The third kappa shape index (κ3) is 6.18. The molecule has 2 saturated heterocycles. The Morgan fingerprint density at radius 1 is 0.717 bits per heavy atom. The highest BCUT2D eigenvalue weighted by atomic mass is 16.5. The van der Waals surface area contributed by atoms with Gasteiger partial charge in [-0.2, -0.15) is 0 Å². The van der Waals surface area contributed by atoms with Crippen molar-refractivity contribution in [3.8, 4) is 16.9 Å². The molecule has 46 heavy (non-hydrogen) atoms. The molecule has 0 atom stereocenters. The number of carbonyl (C=O) groups excluding carboxylic acids is 2. The standard InChI is InChI=1S/C37H41N5O4/c1-45-35-9-5-3-7-32(35)28-10-12-29(13-11-28)36(43)42-27-31-14-15-34(41(31)26-30-6-2-4-8-33(30)42)37(44)40-20-18-38(19-21-40)16-17-39-22-24-46-25-23-39/h2-15H,16-27H2,1H3. The molecule has 1 aromatic heterocycles. The van der Waals surface area contributed by atoms with Gasteiger partial charge in [0, 0.05) is 74.9 Å². The molecule has 3 aliphatic heterocycles. The van der Waals surface area contributed by atoms with Crippen LogP contribution in [0.2, 0.25) is 0 Å². The topological polar surface area (TPSA) is 70.5 Å². The van der Waals surface area contributed by atoms with Crippen LogP contribution in [-0.2, 0) is 17.8 Å². The second kappa shape index (κ2) is 13.5. The van der Waals surface area contributed by atoms with Crippen molar-refractivity contribution in [1.29, 1.82) is 0 Å². The van der Waals surface area contributed by atoms with E-state index in [1.807, 2.05) is 88.7 Å². The maximum atomic E-state index is 14.1. The Morgan fingerprint density at radius 2 is 1.41 bits per heavy atom. The van der Waals surface area contributed by atoms with Crippen LogP contribution in [-0.4, -0.2) is 104 Å². The number of aromatic nitrogens is 1. The molecule has 0 N–H and O–H groups in total. The number of benzene rings is 3. The van der Waals surface area contributed by atoms with Crippen LogP contribution in [0.1, 0.15) is 32.1 Å². The van der Waals surface area contributed by atoms with Gasteiger partial charge in [-0.1, -0.05) is 48.5 Å². The van der Waals surface area contributed by atoms with Crippen LogP contribution in [0.4, 0.5) is 5.69 Å². The summed E-state index contributed by atoms with van der Waals surface area (Å²) in [5, 5.41) is 0. The van der Waals surface area contributed by atoms with Crippen LogP contribution in [0.25, 0.3) is 11.1 Å². The van der Waals surface area contributed by atoms with Gasteiger partial charge in [-0.05, 0) is 47.5 Å². The number of amides is 2. The average Bonchev–Trinajstić information content (AvgIpc) is 3.43. The number of hydrogen-bond donors (Lipinski definition) is 0. The summed E-state index contributed by atoms with van der Waals surface area (Å²) >= 11 is 0. The van der Waals surface area contributed by atoms with Gasteiger partial charge in [0.2, 0.25) is 0 Å². The number of anilines is 1. The van der Waals surface area contributed by atoms with Crippen molar-refractivity contribution in [1.82, 2.24) is 19.3 Å². The van der Waals surface area contributed by atoms with Gasteiger partial charge in [-0.25, -0.2) is 0 Å². The van der Waals surface area contributed by atoms with Crippen molar-refractivity contribution in [2.45, 2.75) is 13.1 Å². The molecule has 0 spiro atoms. The lowest BCUT2D eigenvalue weighted by atomic mass is 10.0. The third-order valence-electron chi connectivity index (χ3n) is 9.51. The van der Waals surface area contributed by atoms with Gasteiger partial charge in [-0.3, -0.25) is 19.4 Å². The number of para-hydroxylation sites is 2. The fraction of sp³-hybridized carbons (Fsp3) is 0.351. The Morgan fingerprint density at radius 3 is 2.17 bits per heavy atom. The molecule has 0 radical (unpaired) electrons. The van der Waals surface area contributed by atoms with Crippen LogP contribution >= 0.6 is 0 Å². The smallest absolute Gasteiger partial charge is 0.270 e. The summed E-state index contributed by atoms with van der Waals surface area (Å²) in [6, 6.07) is 27.5. The summed E-state index contributed by atoms with van der Waals surface area (Å²) in [4.78, 5) is 36.7. The molecule has 0 aliphatic carbocycles. The van der Waals surface area contributed by atoms with Crippen molar-refractivity contribution < 1.29 is 19.1 Å². The summed E-state index contributed by atoms with van der Waals surface area (Å²) < 4.78 is 13.1. The van der Waals surface area contributed by atoms with Crippen molar-refractivity contribution in [2.24, 2.45) is 0 Å². The van der Waals surface area contributed by atoms with Crippen LogP contribution in [0, 0.1) is 0 Å². The van der Waals surface area contributed by atoms with Crippen LogP contribution in [0.5, 0.6) is 5.75 Å². The van der Waals surface area contributed by atoms with E-state index in [0.29, 0.717) is 37.4 Å². The van der Waals surface area contributed by atoms with Gasteiger partial charge in [0.25, 0.3) is 11.8 Å². The first-order valence-corrected chi connectivity index (χ1v) is 16.2. The molecule has 4 heterocycles. The summed E-state index contributed by atoms with van der Waals surface area (Å²) in [6.45, 7) is 9.81. The van der Waals surface area contributed by atoms with Crippen molar-refractivity contribution in [3.05, 3.63) is 107 Å². The average molecular weight is 620 g/mol. The summed E-state index contributed by atoms with van der Waals surface area (Å²) in [6.07, 6.45) is 0. The summed E-state index contributed by atoms with van der Waals surface area (Å²) in [5.74, 6) is 0.776. The minimum absolute atomic E-state index is 0.0586. The molecule has 9 heteroatoms. The number of piperazine rings is 1. The largest absolute Gasteiger partial charge is 0.496 e. The molecule has 238 valence electrons. The molecule has 3 aromatic carbocycles. The molecule has 0 bridgehead atoms. The highest BCUT2D eigenvalue weighted by Crippen LogP contribution is 2.33. The summed E-state index contributed by atoms with van der Waals surface area (Å²) in [7, 11) is 1.66. The molecule has 9 nitrogen and oxygen atoms in total. The zero-order chi connectivity index (χ0) is 31.5. The van der Waals surface area contributed by atoms with Gasteiger partial charge < -0.3 is 23.8 Å². The molecule has 7 rings (SSSR count). The number of rotatable bonds is 7. The minimum Gasteiger partial charge on any atom is -0.496 e. The van der Waals surface area contributed by atoms with Gasteiger partial charge in [0.15, 0.2) is 0 Å². The molecule has 0 saturated carbocycles. The van der Waals surface area contributed by atoms with Crippen molar-refractivity contribution in [2.75, 3.05) is 77.6 Å². The number of nitrogens with zero attached hydrogens (tertiary/aromatic N) is 5. The first kappa shape index (κ1) is 30.2. The maximum Gasteiger partial charge on any atom is 0.270 e. The normalized spacial score (nSPS) is 17.2. The number of carbonyl (C=O) groups is 2. The monoisotopic (exact) mass is 619 g/mol. The van der Waals surface area contributed by atoms with Gasteiger partial charge in [0.05, 0.1) is 33.4 Å². The minimum atomic E-state index is -0.0743.